The number of hydrogen-bond acceptors (Lipinski definition) is 4. The highest BCUT2D eigenvalue weighted by Crippen LogP contribution is 2.35. The summed E-state index contributed by atoms with van der Waals surface area (Å²) in [5.74, 6) is -1.37. The molecule has 0 aliphatic heterocycles. The number of aliphatic carboxylic acids is 1. The van der Waals surface area contributed by atoms with Crippen LogP contribution in [-0.2, 0) is 34.0 Å². The van der Waals surface area contributed by atoms with Crippen LogP contribution in [0.25, 0.3) is 0 Å². The Kier molecular flexibility index (Phi) is 5.96. The molecule has 0 radical (unpaired) electrons. The first-order valence-electron chi connectivity index (χ1n) is 9.39. The van der Waals surface area contributed by atoms with E-state index < -0.39 is 38.7 Å². The number of benzene rings is 1. The second-order valence-electron chi connectivity index (χ2n) is 7.61. The Bertz CT molecular complexity index is 1060. The topological polar surface area (TPSA) is 101 Å². The first kappa shape index (κ1) is 22.3. The molecule has 0 saturated carbocycles. The third-order valence-electron chi connectivity index (χ3n) is 5.08. The summed E-state index contributed by atoms with van der Waals surface area (Å²) >= 11 is 0. The highest BCUT2D eigenvalue weighted by Gasteiger charge is 2.34. The number of nitrogens with one attached hydrogen (secondary N) is 1. The number of sulfonamides is 1. The molecule has 1 atom stereocenters. The lowest BCUT2D eigenvalue weighted by molar-refractivity contribution is -0.138. The van der Waals surface area contributed by atoms with E-state index in [4.69, 9.17) is 5.11 Å². The van der Waals surface area contributed by atoms with Gasteiger partial charge in [-0.05, 0) is 48.9 Å². The molecule has 164 valence electrons. The quantitative estimate of drug-likeness (QED) is 0.709. The molecule has 0 spiro atoms. The number of aromatic nitrogens is 2. The number of halogens is 3. The Morgan fingerprint density at radius 2 is 2.03 bits per heavy atom. The van der Waals surface area contributed by atoms with Gasteiger partial charge < -0.3 is 5.11 Å². The van der Waals surface area contributed by atoms with Gasteiger partial charge in [-0.25, -0.2) is 13.1 Å². The summed E-state index contributed by atoms with van der Waals surface area (Å²) in [5, 5.41) is 13.0. The van der Waals surface area contributed by atoms with E-state index in [0.717, 1.165) is 6.07 Å². The number of rotatable bonds is 6. The third-order valence-corrected chi connectivity index (χ3v) is 6.53. The summed E-state index contributed by atoms with van der Waals surface area (Å²) in [5.41, 5.74) is 0.405. The van der Waals surface area contributed by atoms with Gasteiger partial charge >= 0.3 is 12.1 Å². The standard InChI is InChI=1S/C19H22F3N3O4S/c1-11(2)12-6-13(19(20,21)22)8-14(7-12)30(28,29)24-16-4-3-5-17-15(16)9-23-25(17)10-18(26)27/h6-9,11,16,24H,3-5,10H2,1-2H3,(H,26,27). The average molecular weight is 445 g/mol. The van der Waals surface area contributed by atoms with Gasteiger partial charge in [0.15, 0.2) is 0 Å². The van der Waals surface area contributed by atoms with Crippen molar-refractivity contribution >= 4 is 16.0 Å². The van der Waals surface area contributed by atoms with Crippen LogP contribution in [0.4, 0.5) is 13.2 Å². The van der Waals surface area contributed by atoms with E-state index in [1.807, 2.05) is 0 Å². The van der Waals surface area contributed by atoms with Gasteiger partial charge in [0.05, 0.1) is 22.7 Å². The number of fused-ring (bicyclic) bond motifs is 1. The molecule has 1 heterocycles. The van der Waals surface area contributed by atoms with Crippen molar-refractivity contribution in [2.24, 2.45) is 0 Å². The lowest BCUT2D eigenvalue weighted by atomic mass is 9.94. The van der Waals surface area contributed by atoms with Gasteiger partial charge in [-0.1, -0.05) is 13.8 Å². The van der Waals surface area contributed by atoms with Crippen LogP contribution < -0.4 is 4.72 Å². The van der Waals surface area contributed by atoms with Gasteiger partial charge in [-0.15, -0.1) is 0 Å². The van der Waals surface area contributed by atoms with E-state index >= 15 is 0 Å². The fourth-order valence-corrected chi connectivity index (χ4v) is 4.86. The molecule has 1 aliphatic rings. The normalized spacial score (nSPS) is 17.2. The van der Waals surface area contributed by atoms with Crippen LogP contribution in [0.3, 0.4) is 0 Å². The first-order chi connectivity index (χ1) is 13.9. The number of carboxylic acid groups (broad SMARTS) is 1. The molecule has 2 N–H and O–H groups in total. The van der Waals surface area contributed by atoms with Crippen molar-refractivity contribution in [1.82, 2.24) is 14.5 Å². The van der Waals surface area contributed by atoms with Crippen molar-refractivity contribution in [3.8, 4) is 0 Å². The number of carboxylic acids is 1. The Balaban J connectivity index is 1.96. The zero-order valence-electron chi connectivity index (χ0n) is 16.4. The van der Waals surface area contributed by atoms with Gasteiger partial charge in [0.2, 0.25) is 10.0 Å². The fraction of sp³-hybridized carbons (Fsp3) is 0.474. The van der Waals surface area contributed by atoms with Crippen LogP contribution >= 0.6 is 0 Å². The highest BCUT2D eigenvalue weighted by atomic mass is 32.2. The molecular formula is C19H22F3N3O4S. The summed E-state index contributed by atoms with van der Waals surface area (Å²) < 4.78 is 69.5. The van der Waals surface area contributed by atoms with Gasteiger partial charge in [0.25, 0.3) is 0 Å². The largest absolute Gasteiger partial charge is 0.480 e. The van der Waals surface area contributed by atoms with E-state index in [1.165, 1.54) is 16.9 Å². The number of nitrogens with zero attached hydrogens (tertiary/aromatic N) is 2. The predicted octanol–water partition coefficient (Wildman–Crippen LogP) is 3.47. The SMILES string of the molecule is CC(C)c1cc(C(F)(F)F)cc(S(=O)(=O)NC2CCCc3c2cnn3CC(=O)O)c1. The summed E-state index contributed by atoms with van der Waals surface area (Å²) in [4.78, 5) is 10.5. The molecular weight excluding hydrogens is 423 g/mol. The molecule has 30 heavy (non-hydrogen) atoms. The van der Waals surface area contributed by atoms with Gasteiger partial charge in [0.1, 0.15) is 6.54 Å². The van der Waals surface area contributed by atoms with Crippen LogP contribution in [0.1, 0.15) is 61.0 Å². The molecule has 0 bridgehead atoms. The average Bonchev–Trinajstić information content (AvgIpc) is 3.03. The Morgan fingerprint density at radius 3 is 2.63 bits per heavy atom. The molecule has 7 nitrogen and oxygen atoms in total. The van der Waals surface area contributed by atoms with Crippen LogP contribution in [0.5, 0.6) is 0 Å². The second-order valence-corrected chi connectivity index (χ2v) is 9.32. The summed E-state index contributed by atoms with van der Waals surface area (Å²) in [6.07, 6.45) is -1.70. The summed E-state index contributed by atoms with van der Waals surface area (Å²) in [6.45, 7) is 3.02. The maximum atomic E-state index is 13.3. The maximum Gasteiger partial charge on any atom is 0.416 e. The van der Waals surface area contributed by atoms with Crippen molar-refractivity contribution in [2.75, 3.05) is 0 Å². The Morgan fingerprint density at radius 1 is 1.33 bits per heavy atom. The van der Waals surface area contributed by atoms with Gasteiger partial charge in [0, 0.05) is 11.3 Å². The molecule has 2 aromatic rings. The smallest absolute Gasteiger partial charge is 0.416 e. The number of alkyl halides is 3. The van der Waals surface area contributed by atoms with Gasteiger partial charge in [-0.3, -0.25) is 9.48 Å². The fourth-order valence-electron chi connectivity index (χ4n) is 3.54. The van der Waals surface area contributed by atoms with Crippen LogP contribution in [0.2, 0.25) is 0 Å². The minimum atomic E-state index is -4.68. The third kappa shape index (κ3) is 4.67. The molecule has 1 aliphatic carbocycles. The summed E-state index contributed by atoms with van der Waals surface area (Å²) in [7, 11) is -4.26. The molecule has 1 aromatic carbocycles. The number of carbonyl (C=O) groups is 1. The van der Waals surface area contributed by atoms with Crippen LogP contribution in [0, 0.1) is 0 Å². The highest BCUT2D eigenvalue weighted by molar-refractivity contribution is 7.89. The maximum absolute atomic E-state index is 13.3. The molecule has 0 amide bonds. The lowest BCUT2D eigenvalue weighted by Crippen LogP contribution is -2.31. The van der Waals surface area contributed by atoms with Crippen molar-refractivity contribution in [1.29, 1.82) is 0 Å². The van der Waals surface area contributed by atoms with Crippen LogP contribution in [-0.4, -0.2) is 29.3 Å². The van der Waals surface area contributed by atoms with E-state index in [-0.39, 0.29) is 18.0 Å². The van der Waals surface area contributed by atoms with Crippen molar-refractivity contribution in [3.05, 3.63) is 46.8 Å². The molecule has 1 unspecified atom stereocenters. The van der Waals surface area contributed by atoms with E-state index in [2.05, 4.69) is 9.82 Å². The molecule has 1 aromatic heterocycles. The Hall–Kier alpha value is -2.40. The van der Waals surface area contributed by atoms with Crippen LogP contribution in [0.15, 0.2) is 29.3 Å². The summed E-state index contributed by atoms with van der Waals surface area (Å²) in [6, 6.07) is 2.14. The molecule has 11 heteroatoms. The number of hydrogen-bond donors (Lipinski definition) is 2. The molecule has 0 saturated heterocycles. The second kappa shape index (κ2) is 8.03. The molecule has 3 rings (SSSR count). The monoisotopic (exact) mass is 445 g/mol. The predicted molar refractivity (Wildman–Crippen MR) is 101 cm³/mol. The van der Waals surface area contributed by atoms with Crippen molar-refractivity contribution in [2.45, 2.75) is 62.7 Å². The minimum absolute atomic E-state index is 0.267. The minimum Gasteiger partial charge on any atom is -0.480 e. The van der Waals surface area contributed by atoms with E-state index in [1.54, 1.807) is 13.8 Å². The van der Waals surface area contributed by atoms with E-state index in [0.29, 0.717) is 36.6 Å². The zero-order chi connectivity index (χ0) is 22.3. The van der Waals surface area contributed by atoms with E-state index in [9.17, 15) is 26.4 Å². The first-order valence-corrected chi connectivity index (χ1v) is 10.9. The van der Waals surface area contributed by atoms with Crippen molar-refractivity contribution in [3.63, 3.8) is 0 Å². The Labute approximate surface area is 172 Å². The van der Waals surface area contributed by atoms with Crippen molar-refractivity contribution < 1.29 is 31.5 Å². The zero-order valence-corrected chi connectivity index (χ0v) is 17.2. The lowest BCUT2D eigenvalue weighted by Gasteiger charge is -2.24. The molecule has 0 fully saturated rings. The van der Waals surface area contributed by atoms with Gasteiger partial charge in [-0.2, -0.15) is 18.3 Å².